The topological polar surface area (TPSA) is 9.86 Å². The first-order chi connectivity index (χ1) is 30.3. The monoisotopic (exact) mass is 790 g/mol. The fraction of sp³-hybridized carbons (Fsp3) is 0. The van der Waals surface area contributed by atoms with Crippen LogP contribution in [0.5, 0.6) is 0 Å². The highest BCUT2D eigenvalue weighted by atomic mass is 32.1. The molecule has 2 nitrogen and oxygen atoms in total. The molecule has 1 aliphatic carbocycles. The van der Waals surface area contributed by atoms with Crippen LogP contribution in [0.25, 0.3) is 130 Å². The number of aromatic nitrogens is 2. The molecule has 14 rings (SSSR count). The molecule has 0 fully saturated rings. The molecule has 0 atom stereocenters. The largest absolute Gasteiger partial charge is 0.309 e. The van der Waals surface area contributed by atoms with Crippen LogP contribution in [0.1, 0.15) is 0 Å². The molecule has 0 bridgehead atoms. The maximum absolute atomic E-state index is 2.47. The summed E-state index contributed by atoms with van der Waals surface area (Å²) in [4.78, 5) is 0. The van der Waals surface area contributed by atoms with Gasteiger partial charge in [-0.3, -0.25) is 0 Å². The zero-order chi connectivity index (χ0) is 39.8. The Morgan fingerprint density at radius 2 is 0.852 bits per heavy atom. The second-order valence-corrected chi connectivity index (χ2v) is 17.5. The number of para-hydroxylation sites is 2. The molecule has 0 amide bonds. The van der Waals surface area contributed by atoms with Gasteiger partial charge in [-0.2, -0.15) is 0 Å². The second kappa shape index (κ2) is 12.4. The first kappa shape index (κ1) is 33.1. The summed E-state index contributed by atoms with van der Waals surface area (Å²) >= 11 is 1.88. The lowest BCUT2D eigenvalue weighted by Crippen LogP contribution is -1.94. The zero-order valence-electron chi connectivity index (χ0n) is 32.9. The molecule has 0 saturated heterocycles. The van der Waals surface area contributed by atoms with E-state index in [4.69, 9.17) is 0 Å². The fourth-order valence-electron chi connectivity index (χ4n) is 10.6. The van der Waals surface area contributed by atoms with Crippen LogP contribution in [0.15, 0.2) is 206 Å². The van der Waals surface area contributed by atoms with Crippen molar-refractivity contribution in [3.63, 3.8) is 0 Å². The van der Waals surface area contributed by atoms with Crippen LogP contribution < -0.4 is 0 Å². The van der Waals surface area contributed by atoms with E-state index in [9.17, 15) is 0 Å². The van der Waals surface area contributed by atoms with Gasteiger partial charge in [0.1, 0.15) is 0 Å². The molecule has 0 N–H and O–H groups in total. The minimum atomic E-state index is 1.15. The molecule has 0 aliphatic heterocycles. The molecule has 0 spiro atoms. The summed E-state index contributed by atoms with van der Waals surface area (Å²) in [5, 5.41) is 10.3. The van der Waals surface area contributed by atoms with Crippen molar-refractivity contribution < 1.29 is 0 Å². The van der Waals surface area contributed by atoms with Gasteiger partial charge in [0.05, 0.1) is 32.5 Å². The van der Waals surface area contributed by atoms with E-state index in [1.807, 2.05) is 11.3 Å². The third-order valence-corrected chi connectivity index (χ3v) is 14.5. The number of thiophene rings is 1. The lowest BCUT2D eigenvalue weighted by Gasteiger charge is -2.13. The van der Waals surface area contributed by atoms with Crippen LogP contribution in [-0.2, 0) is 0 Å². The second-order valence-electron chi connectivity index (χ2n) is 16.4. The first-order valence-electron chi connectivity index (χ1n) is 21.0. The summed E-state index contributed by atoms with van der Waals surface area (Å²) < 4.78 is 7.55. The molecule has 282 valence electrons. The Bertz CT molecular complexity index is 3960. The van der Waals surface area contributed by atoms with Crippen molar-refractivity contribution in [1.82, 2.24) is 9.13 Å². The van der Waals surface area contributed by atoms with Crippen LogP contribution in [0.3, 0.4) is 0 Å². The van der Waals surface area contributed by atoms with Gasteiger partial charge in [0.15, 0.2) is 0 Å². The van der Waals surface area contributed by atoms with Gasteiger partial charge >= 0.3 is 0 Å². The molecule has 0 saturated carbocycles. The molecule has 0 radical (unpaired) electrons. The minimum absolute atomic E-state index is 1.15. The average Bonchev–Trinajstić information content (AvgIpc) is 4.06. The summed E-state index contributed by atoms with van der Waals surface area (Å²) in [6.45, 7) is 0. The molecule has 13 aromatic rings. The van der Waals surface area contributed by atoms with Gasteiger partial charge in [-0.15, -0.1) is 11.3 Å². The molecule has 1 aliphatic rings. The molecule has 61 heavy (non-hydrogen) atoms. The maximum atomic E-state index is 2.47. The number of nitrogens with zero attached hydrogens (tertiary/aromatic N) is 2. The summed E-state index contributed by atoms with van der Waals surface area (Å²) in [6, 6.07) is 76.6. The van der Waals surface area contributed by atoms with Gasteiger partial charge in [0.2, 0.25) is 0 Å². The van der Waals surface area contributed by atoms with Crippen LogP contribution in [0.2, 0.25) is 0 Å². The van der Waals surface area contributed by atoms with E-state index in [1.54, 1.807) is 0 Å². The van der Waals surface area contributed by atoms with Crippen LogP contribution in [0, 0.1) is 0 Å². The Morgan fingerprint density at radius 1 is 0.295 bits per heavy atom. The Morgan fingerprint density at radius 3 is 1.69 bits per heavy atom. The SMILES string of the molecule is c1ccc2c(c1)-c1cccc3c(-c4ccc(-n5c6ccccc6c6ccc(-c7ccc8c(c7)c7ccccc7n8-c7cccc8c7sc7ccccc78)cc65)cc4)ccc-2c13. The number of hydrogen-bond acceptors (Lipinski definition) is 1. The van der Waals surface area contributed by atoms with Gasteiger partial charge < -0.3 is 9.13 Å². The van der Waals surface area contributed by atoms with Gasteiger partial charge in [-0.05, 0) is 110 Å². The average molecular weight is 791 g/mol. The van der Waals surface area contributed by atoms with E-state index in [2.05, 4.69) is 215 Å². The number of fused-ring (bicyclic) bond motifs is 12. The van der Waals surface area contributed by atoms with E-state index in [-0.39, 0.29) is 0 Å². The Labute approximate surface area is 355 Å². The molecule has 3 heteroatoms. The minimum Gasteiger partial charge on any atom is -0.309 e. The Kier molecular flexibility index (Phi) is 6.74. The van der Waals surface area contributed by atoms with Crippen molar-refractivity contribution in [2.24, 2.45) is 0 Å². The number of rotatable bonds is 4. The van der Waals surface area contributed by atoms with Crippen molar-refractivity contribution in [2.45, 2.75) is 0 Å². The van der Waals surface area contributed by atoms with Crippen molar-refractivity contribution in [3.05, 3.63) is 206 Å². The highest BCUT2D eigenvalue weighted by molar-refractivity contribution is 7.26. The summed E-state index contributed by atoms with van der Waals surface area (Å²) in [7, 11) is 0. The van der Waals surface area contributed by atoms with Crippen LogP contribution >= 0.6 is 11.3 Å². The van der Waals surface area contributed by atoms with Gasteiger partial charge in [0.25, 0.3) is 0 Å². The van der Waals surface area contributed by atoms with Crippen molar-refractivity contribution in [1.29, 1.82) is 0 Å². The maximum Gasteiger partial charge on any atom is 0.0640 e. The predicted molar refractivity (Wildman–Crippen MR) is 261 cm³/mol. The van der Waals surface area contributed by atoms with Crippen molar-refractivity contribution >= 4 is 85.9 Å². The number of hydrogen-bond donors (Lipinski definition) is 0. The molecule has 3 aromatic heterocycles. The number of benzene rings is 10. The molecule has 3 heterocycles. The van der Waals surface area contributed by atoms with E-state index in [0.717, 1.165) is 5.69 Å². The standard InChI is InChI=1S/C58H34N2S/c1-2-12-41-40(11-1)47-17-9-16-46-39(30-31-48(41)57(46)47)35-23-27-38(28-24-35)59-51-19-6-3-13-42(51)44-29-25-37(34-55(44)59)36-26-32-53-50(33-36)43-14-4-7-20-52(43)60(53)54-21-10-18-49-45-15-5-8-22-56(45)61-58(49)54/h1-34H. The molecular weight excluding hydrogens is 757 g/mol. The highest BCUT2D eigenvalue weighted by Gasteiger charge is 2.23. The first-order valence-corrected chi connectivity index (χ1v) is 21.8. The van der Waals surface area contributed by atoms with E-state index < -0.39 is 0 Å². The smallest absolute Gasteiger partial charge is 0.0640 e. The highest BCUT2D eigenvalue weighted by Crippen LogP contribution is 2.49. The van der Waals surface area contributed by atoms with E-state index in [1.165, 1.54) is 125 Å². The third kappa shape index (κ3) is 4.61. The molecular formula is C58H34N2S. The molecule has 0 unspecified atom stereocenters. The van der Waals surface area contributed by atoms with Crippen molar-refractivity contribution in [3.8, 4) is 55.9 Å². The summed E-state index contributed by atoms with van der Waals surface area (Å²) in [6.07, 6.45) is 0. The molecule has 10 aromatic carbocycles. The van der Waals surface area contributed by atoms with Crippen LogP contribution in [-0.4, -0.2) is 9.13 Å². The summed E-state index contributed by atoms with van der Waals surface area (Å²) in [5.74, 6) is 0. The fourth-order valence-corrected chi connectivity index (χ4v) is 11.8. The third-order valence-electron chi connectivity index (χ3n) is 13.3. The van der Waals surface area contributed by atoms with Gasteiger partial charge in [0, 0.05) is 42.7 Å². The predicted octanol–water partition coefficient (Wildman–Crippen LogP) is 16.4. The summed E-state index contributed by atoms with van der Waals surface area (Å²) in [5.41, 5.74) is 17.4. The zero-order valence-corrected chi connectivity index (χ0v) is 33.7. The Balaban J connectivity index is 0.907. The normalized spacial score (nSPS) is 12.3. The van der Waals surface area contributed by atoms with Gasteiger partial charge in [-0.1, -0.05) is 152 Å². The van der Waals surface area contributed by atoms with Crippen LogP contribution in [0.4, 0.5) is 0 Å². The lowest BCUT2D eigenvalue weighted by molar-refractivity contribution is 1.18. The van der Waals surface area contributed by atoms with E-state index in [0.29, 0.717) is 0 Å². The Hall–Kier alpha value is -7.72. The van der Waals surface area contributed by atoms with Crippen molar-refractivity contribution in [2.75, 3.05) is 0 Å². The van der Waals surface area contributed by atoms with E-state index >= 15 is 0 Å². The lowest BCUT2D eigenvalue weighted by atomic mass is 9.94. The quantitative estimate of drug-likeness (QED) is 0.168. The van der Waals surface area contributed by atoms with Gasteiger partial charge in [-0.25, -0.2) is 0 Å².